The van der Waals surface area contributed by atoms with Gasteiger partial charge in [0.25, 0.3) is 5.88 Å². The molecule has 3 rings (SSSR count). The van der Waals surface area contributed by atoms with Crippen LogP contribution >= 0.6 is 27.5 Å². The summed E-state index contributed by atoms with van der Waals surface area (Å²) < 4.78 is 6.42. The fourth-order valence-corrected chi connectivity index (χ4v) is 2.50. The number of halogens is 2. The highest BCUT2D eigenvalue weighted by molar-refractivity contribution is 9.10. The molecule has 2 aromatic carbocycles. The van der Waals surface area contributed by atoms with E-state index in [0.29, 0.717) is 10.8 Å². The van der Waals surface area contributed by atoms with Crippen LogP contribution in [0.3, 0.4) is 0 Å². The van der Waals surface area contributed by atoms with Crippen LogP contribution in [0.25, 0.3) is 11.0 Å². The molecule has 20 heavy (non-hydrogen) atoms. The number of benzene rings is 2. The number of nitrogen functional groups attached to an aromatic ring is 1. The fraction of sp³-hybridized carbons (Fsp3) is 0. The monoisotopic (exact) mass is 349 g/mol. The first-order chi connectivity index (χ1) is 9.63. The number of anilines is 1. The second-order valence-electron chi connectivity index (χ2n) is 4.08. The Morgan fingerprint density at radius 1 is 1.05 bits per heavy atom. The van der Waals surface area contributed by atoms with E-state index in [4.69, 9.17) is 22.1 Å². The molecule has 0 atom stereocenters. The number of nitrogens with zero attached hydrogens (tertiary/aromatic N) is 2. The zero-order valence-corrected chi connectivity index (χ0v) is 12.5. The second-order valence-corrected chi connectivity index (χ2v) is 5.37. The molecule has 0 bridgehead atoms. The van der Waals surface area contributed by atoms with E-state index in [2.05, 4.69) is 25.9 Å². The first-order valence-electron chi connectivity index (χ1n) is 5.78. The predicted molar refractivity (Wildman–Crippen MR) is 83.2 cm³/mol. The first kappa shape index (κ1) is 13.1. The lowest BCUT2D eigenvalue weighted by Gasteiger charge is -2.09. The fourth-order valence-electron chi connectivity index (χ4n) is 1.73. The predicted octanol–water partition coefficient (Wildman–Crippen LogP) is 4.42. The molecule has 4 nitrogen and oxygen atoms in total. The average molecular weight is 351 g/mol. The minimum Gasteiger partial charge on any atom is -0.435 e. The minimum atomic E-state index is 0.241. The molecule has 0 aliphatic rings. The Morgan fingerprint density at radius 2 is 1.75 bits per heavy atom. The Bertz CT molecular complexity index is 794. The molecule has 0 aliphatic heterocycles. The van der Waals surface area contributed by atoms with Crippen LogP contribution in [0.4, 0.5) is 5.82 Å². The smallest absolute Gasteiger partial charge is 0.263 e. The summed E-state index contributed by atoms with van der Waals surface area (Å²) in [7, 11) is 0. The van der Waals surface area contributed by atoms with Crippen LogP contribution in [0.15, 0.2) is 46.9 Å². The van der Waals surface area contributed by atoms with Crippen LogP contribution in [0, 0.1) is 0 Å². The molecule has 0 radical (unpaired) electrons. The molecular weight excluding hydrogens is 342 g/mol. The van der Waals surface area contributed by atoms with Gasteiger partial charge in [0.05, 0.1) is 15.5 Å². The number of para-hydroxylation sites is 2. The Balaban J connectivity index is 2.03. The SMILES string of the molecule is Nc1nc2ccccc2nc1Oc1ccc(Cl)cc1Br. The topological polar surface area (TPSA) is 61.0 Å². The van der Waals surface area contributed by atoms with Crippen molar-refractivity contribution in [3.05, 3.63) is 52.0 Å². The third kappa shape index (κ3) is 2.55. The molecular formula is C14H9BrClN3O. The summed E-state index contributed by atoms with van der Waals surface area (Å²) in [6.07, 6.45) is 0. The Hall–Kier alpha value is -1.85. The maximum absolute atomic E-state index is 5.89. The normalized spacial score (nSPS) is 10.7. The summed E-state index contributed by atoms with van der Waals surface area (Å²) in [5.41, 5.74) is 7.33. The van der Waals surface area contributed by atoms with Crippen LogP contribution in [-0.2, 0) is 0 Å². The highest BCUT2D eigenvalue weighted by Gasteiger charge is 2.10. The van der Waals surface area contributed by atoms with Crippen molar-refractivity contribution in [2.45, 2.75) is 0 Å². The van der Waals surface area contributed by atoms with Gasteiger partial charge < -0.3 is 10.5 Å². The summed E-state index contributed by atoms with van der Waals surface area (Å²) in [4.78, 5) is 8.64. The summed E-state index contributed by atoms with van der Waals surface area (Å²) in [6, 6.07) is 12.7. The quantitative estimate of drug-likeness (QED) is 0.743. The molecule has 6 heteroatoms. The lowest BCUT2D eigenvalue weighted by Crippen LogP contribution is -1.99. The van der Waals surface area contributed by atoms with E-state index in [-0.39, 0.29) is 11.7 Å². The molecule has 100 valence electrons. The molecule has 1 heterocycles. The standard InChI is InChI=1S/C14H9BrClN3O/c15-9-7-8(16)5-6-12(9)20-14-13(17)18-10-3-1-2-4-11(10)19-14/h1-7H,(H2,17,18). The van der Waals surface area contributed by atoms with Gasteiger partial charge in [-0.3, -0.25) is 0 Å². The van der Waals surface area contributed by atoms with Crippen molar-refractivity contribution in [2.75, 3.05) is 5.73 Å². The molecule has 1 aromatic heterocycles. The van der Waals surface area contributed by atoms with Crippen molar-refractivity contribution in [2.24, 2.45) is 0 Å². The maximum Gasteiger partial charge on any atom is 0.263 e. The second kappa shape index (κ2) is 5.26. The van der Waals surface area contributed by atoms with Crippen molar-refractivity contribution >= 4 is 44.4 Å². The molecule has 2 N–H and O–H groups in total. The Labute approximate surface area is 128 Å². The lowest BCUT2D eigenvalue weighted by atomic mass is 10.3. The third-order valence-electron chi connectivity index (χ3n) is 2.66. The van der Waals surface area contributed by atoms with Crippen molar-refractivity contribution in [3.8, 4) is 11.6 Å². The van der Waals surface area contributed by atoms with Gasteiger partial charge >= 0.3 is 0 Å². The largest absolute Gasteiger partial charge is 0.435 e. The van der Waals surface area contributed by atoms with Crippen LogP contribution in [0.5, 0.6) is 11.6 Å². The Morgan fingerprint density at radius 3 is 2.45 bits per heavy atom. The van der Waals surface area contributed by atoms with Gasteiger partial charge in [0.15, 0.2) is 5.82 Å². The molecule has 0 saturated carbocycles. The summed E-state index contributed by atoms with van der Waals surface area (Å²) in [5.74, 6) is 1.09. The number of fused-ring (bicyclic) bond motifs is 1. The van der Waals surface area contributed by atoms with E-state index in [9.17, 15) is 0 Å². The van der Waals surface area contributed by atoms with Crippen molar-refractivity contribution in [1.29, 1.82) is 0 Å². The molecule has 0 unspecified atom stereocenters. The van der Waals surface area contributed by atoms with Crippen LogP contribution in [0.2, 0.25) is 5.02 Å². The average Bonchev–Trinajstić information content (AvgIpc) is 2.42. The minimum absolute atomic E-state index is 0.241. The summed E-state index contributed by atoms with van der Waals surface area (Å²) in [6.45, 7) is 0. The number of aromatic nitrogens is 2. The molecule has 0 aliphatic carbocycles. The van der Waals surface area contributed by atoms with Crippen molar-refractivity contribution in [1.82, 2.24) is 9.97 Å². The number of rotatable bonds is 2. The maximum atomic E-state index is 5.89. The van der Waals surface area contributed by atoms with Crippen LogP contribution < -0.4 is 10.5 Å². The van der Waals surface area contributed by atoms with Gasteiger partial charge in [-0.2, -0.15) is 0 Å². The van der Waals surface area contributed by atoms with E-state index in [1.807, 2.05) is 24.3 Å². The number of nitrogens with two attached hydrogens (primary N) is 1. The van der Waals surface area contributed by atoms with Crippen LogP contribution in [-0.4, -0.2) is 9.97 Å². The van der Waals surface area contributed by atoms with Gasteiger partial charge in [-0.05, 0) is 46.3 Å². The van der Waals surface area contributed by atoms with Crippen LogP contribution in [0.1, 0.15) is 0 Å². The van der Waals surface area contributed by atoms with Gasteiger partial charge in [-0.15, -0.1) is 0 Å². The molecule has 0 amide bonds. The third-order valence-corrected chi connectivity index (χ3v) is 3.52. The first-order valence-corrected chi connectivity index (χ1v) is 6.96. The van der Waals surface area contributed by atoms with E-state index >= 15 is 0 Å². The number of ether oxygens (including phenoxy) is 1. The van der Waals surface area contributed by atoms with Gasteiger partial charge in [0.1, 0.15) is 5.75 Å². The Kier molecular flexibility index (Phi) is 3.46. The van der Waals surface area contributed by atoms with E-state index in [1.54, 1.807) is 18.2 Å². The van der Waals surface area contributed by atoms with E-state index in [0.717, 1.165) is 15.5 Å². The van der Waals surface area contributed by atoms with Gasteiger partial charge in [-0.25, -0.2) is 9.97 Å². The zero-order valence-electron chi connectivity index (χ0n) is 10.2. The van der Waals surface area contributed by atoms with Gasteiger partial charge in [-0.1, -0.05) is 23.7 Å². The van der Waals surface area contributed by atoms with E-state index in [1.165, 1.54) is 0 Å². The highest BCUT2D eigenvalue weighted by Crippen LogP contribution is 2.33. The molecule has 3 aromatic rings. The zero-order chi connectivity index (χ0) is 14.1. The number of hydrogen-bond donors (Lipinski definition) is 1. The molecule has 0 saturated heterocycles. The summed E-state index contributed by atoms with van der Waals surface area (Å²) >= 11 is 9.27. The van der Waals surface area contributed by atoms with Gasteiger partial charge in [0.2, 0.25) is 0 Å². The molecule has 0 spiro atoms. The van der Waals surface area contributed by atoms with Crippen molar-refractivity contribution in [3.63, 3.8) is 0 Å². The summed E-state index contributed by atoms with van der Waals surface area (Å²) in [5, 5.41) is 0.613. The highest BCUT2D eigenvalue weighted by atomic mass is 79.9. The number of hydrogen-bond acceptors (Lipinski definition) is 4. The molecule has 0 fully saturated rings. The van der Waals surface area contributed by atoms with Crippen molar-refractivity contribution < 1.29 is 4.74 Å². The lowest BCUT2D eigenvalue weighted by molar-refractivity contribution is 0.463. The van der Waals surface area contributed by atoms with Gasteiger partial charge in [0, 0.05) is 5.02 Å². The van der Waals surface area contributed by atoms with E-state index < -0.39 is 0 Å².